The second-order valence-corrected chi connectivity index (χ2v) is 8.14. The molecule has 4 nitrogen and oxygen atoms in total. The molecule has 2 aliphatic heterocycles. The number of aryl methyl sites for hydroxylation is 3. The summed E-state index contributed by atoms with van der Waals surface area (Å²) in [6.45, 7) is 7.70. The Kier molecular flexibility index (Phi) is 3.17. The van der Waals surface area contributed by atoms with Crippen LogP contribution in [-0.2, 0) is 14.3 Å². The van der Waals surface area contributed by atoms with E-state index in [9.17, 15) is 14.7 Å². The lowest BCUT2D eigenvalue weighted by molar-refractivity contribution is -0.135. The van der Waals surface area contributed by atoms with Gasteiger partial charge in [-0.05, 0) is 57.2 Å². The zero-order valence-electron chi connectivity index (χ0n) is 14.7. The minimum absolute atomic E-state index is 0.0161. The maximum Gasteiger partial charge on any atom is 0.154 e. The number of Topliss-reactive ketones (excluding diaryl/α,β-unsaturated/α-hetero) is 2. The summed E-state index contributed by atoms with van der Waals surface area (Å²) in [5.74, 6) is -1.70. The van der Waals surface area contributed by atoms with E-state index in [2.05, 4.69) is 0 Å². The largest absolute Gasteiger partial charge is 0.393 e. The molecular formula is C20H24O4. The van der Waals surface area contributed by atoms with Crippen molar-refractivity contribution in [1.82, 2.24) is 0 Å². The highest BCUT2D eigenvalue weighted by atomic mass is 16.5. The van der Waals surface area contributed by atoms with Gasteiger partial charge in [-0.3, -0.25) is 9.59 Å². The molecule has 1 aromatic rings. The molecule has 1 unspecified atom stereocenters. The summed E-state index contributed by atoms with van der Waals surface area (Å²) in [4.78, 5) is 26.5. The van der Waals surface area contributed by atoms with Crippen LogP contribution in [0.1, 0.15) is 47.9 Å². The normalized spacial score (nSPS) is 40.5. The van der Waals surface area contributed by atoms with Gasteiger partial charge >= 0.3 is 0 Å². The molecule has 0 spiro atoms. The van der Waals surface area contributed by atoms with Crippen LogP contribution in [0.4, 0.5) is 0 Å². The molecule has 128 valence electrons. The second-order valence-electron chi connectivity index (χ2n) is 8.14. The molecule has 2 heterocycles. The fourth-order valence-corrected chi connectivity index (χ4v) is 5.65. The van der Waals surface area contributed by atoms with E-state index in [0.29, 0.717) is 6.42 Å². The van der Waals surface area contributed by atoms with Crippen molar-refractivity contribution in [3.63, 3.8) is 0 Å². The van der Waals surface area contributed by atoms with Crippen molar-refractivity contribution in [3.8, 4) is 0 Å². The highest BCUT2D eigenvalue weighted by molar-refractivity contribution is 6.17. The minimum Gasteiger partial charge on any atom is -0.393 e. The van der Waals surface area contributed by atoms with Crippen molar-refractivity contribution in [3.05, 3.63) is 34.4 Å². The third-order valence-electron chi connectivity index (χ3n) is 6.52. The molecule has 3 fully saturated rings. The number of hydrogen-bond acceptors (Lipinski definition) is 4. The van der Waals surface area contributed by atoms with Crippen molar-refractivity contribution in [2.24, 2.45) is 11.8 Å². The van der Waals surface area contributed by atoms with Gasteiger partial charge in [0.05, 0.1) is 24.0 Å². The Balaban J connectivity index is 1.85. The van der Waals surface area contributed by atoms with Crippen molar-refractivity contribution < 1.29 is 19.4 Å². The summed E-state index contributed by atoms with van der Waals surface area (Å²) >= 11 is 0. The summed E-state index contributed by atoms with van der Waals surface area (Å²) in [5, 5.41) is 9.92. The van der Waals surface area contributed by atoms with Gasteiger partial charge in [0.1, 0.15) is 11.5 Å². The third-order valence-corrected chi connectivity index (χ3v) is 6.52. The number of benzene rings is 1. The van der Waals surface area contributed by atoms with Crippen molar-refractivity contribution in [2.45, 2.75) is 57.7 Å². The fraction of sp³-hybridized carbons (Fsp3) is 0.600. The molecule has 1 aliphatic carbocycles. The summed E-state index contributed by atoms with van der Waals surface area (Å²) in [7, 11) is 0. The van der Waals surface area contributed by atoms with Gasteiger partial charge in [0, 0.05) is 0 Å². The molecule has 0 radical (unpaired) electrons. The van der Waals surface area contributed by atoms with Crippen LogP contribution in [0, 0.1) is 32.6 Å². The van der Waals surface area contributed by atoms with Gasteiger partial charge in [-0.25, -0.2) is 0 Å². The van der Waals surface area contributed by atoms with E-state index in [4.69, 9.17) is 4.74 Å². The van der Waals surface area contributed by atoms with E-state index in [-0.39, 0.29) is 18.2 Å². The van der Waals surface area contributed by atoms with Crippen LogP contribution < -0.4 is 0 Å². The van der Waals surface area contributed by atoms with Gasteiger partial charge in [0.25, 0.3) is 0 Å². The maximum atomic E-state index is 13.3. The number of fused-ring (bicyclic) bond motifs is 5. The molecule has 4 rings (SSSR count). The fourth-order valence-electron chi connectivity index (χ4n) is 5.65. The Morgan fingerprint density at radius 3 is 2.25 bits per heavy atom. The number of aliphatic hydroxyl groups excluding tert-OH is 1. The number of carbonyl (C=O) groups excluding carboxylic acids is 2. The average molecular weight is 328 g/mol. The molecule has 1 saturated carbocycles. The SMILES string of the molecule is Cc1cc(C)c(C2C(=O)[C@@H]3[C@H](C2=O)[C@@]2(CO)CC[C@]3(C)O2)c(C)c1. The zero-order chi connectivity index (χ0) is 17.4. The van der Waals surface area contributed by atoms with E-state index in [1.54, 1.807) is 0 Å². The van der Waals surface area contributed by atoms with E-state index >= 15 is 0 Å². The van der Waals surface area contributed by atoms with E-state index < -0.39 is 29.0 Å². The number of hydrogen-bond donors (Lipinski definition) is 1. The van der Waals surface area contributed by atoms with Crippen LogP contribution in [0.5, 0.6) is 0 Å². The molecule has 3 aliphatic rings. The first kappa shape index (κ1) is 16.0. The Hall–Kier alpha value is -1.52. The van der Waals surface area contributed by atoms with E-state index in [0.717, 1.165) is 28.7 Å². The van der Waals surface area contributed by atoms with Gasteiger partial charge in [-0.15, -0.1) is 0 Å². The Morgan fingerprint density at radius 1 is 1.08 bits per heavy atom. The summed E-state index contributed by atoms with van der Waals surface area (Å²) in [5.41, 5.74) is 2.52. The first-order chi connectivity index (χ1) is 11.2. The zero-order valence-corrected chi connectivity index (χ0v) is 14.7. The Morgan fingerprint density at radius 2 is 1.67 bits per heavy atom. The first-order valence-corrected chi connectivity index (χ1v) is 8.70. The van der Waals surface area contributed by atoms with Crippen molar-refractivity contribution in [2.75, 3.05) is 6.61 Å². The number of rotatable bonds is 2. The Labute approximate surface area is 142 Å². The first-order valence-electron chi connectivity index (χ1n) is 8.70. The quantitative estimate of drug-likeness (QED) is 0.847. The predicted octanol–water partition coefficient (Wildman–Crippen LogP) is 2.39. The highest BCUT2D eigenvalue weighted by Crippen LogP contribution is 2.62. The lowest BCUT2D eigenvalue weighted by Crippen LogP contribution is -2.44. The van der Waals surface area contributed by atoms with Crippen LogP contribution >= 0.6 is 0 Å². The molecular weight excluding hydrogens is 304 g/mol. The predicted molar refractivity (Wildman–Crippen MR) is 88.9 cm³/mol. The summed E-state index contributed by atoms with van der Waals surface area (Å²) in [6, 6.07) is 4.07. The van der Waals surface area contributed by atoms with E-state index in [1.807, 2.05) is 39.8 Å². The third kappa shape index (κ3) is 1.76. The van der Waals surface area contributed by atoms with Crippen LogP contribution in [0.2, 0.25) is 0 Å². The number of carbonyl (C=O) groups is 2. The molecule has 5 atom stereocenters. The molecule has 2 bridgehead atoms. The van der Waals surface area contributed by atoms with Gasteiger partial charge in [0.2, 0.25) is 0 Å². The summed E-state index contributed by atoms with van der Waals surface area (Å²) in [6.07, 6.45) is 1.38. The van der Waals surface area contributed by atoms with Crippen LogP contribution in [0.15, 0.2) is 12.1 Å². The van der Waals surface area contributed by atoms with Gasteiger partial charge in [0.15, 0.2) is 11.6 Å². The average Bonchev–Trinajstić information content (AvgIpc) is 3.07. The number of aliphatic hydroxyl groups is 1. The van der Waals surface area contributed by atoms with E-state index in [1.165, 1.54) is 0 Å². The molecule has 0 aromatic heterocycles. The van der Waals surface area contributed by atoms with Crippen LogP contribution in [0.3, 0.4) is 0 Å². The van der Waals surface area contributed by atoms with Gasteiger partial charge < -0.3 is 9.84 Å². The molecule has 24 heavy (non-hydrogen) atoms. The minimum atomic E-state index is -0.854. The van der Waals surface area contributed by atoms with Crippen LogP contribution in [-0.4, -0.2) is 34.5 Å². The standard InChI is InChI=1S/C20H24O4/c1-10-7-11(2)13(12(3)8-10)14-17(22)15-16(18(14)23)20(9-21)6-5-19(15,4)24-20/h7-8,14-16,21H,5-6,9H2,1-4H3/t14?,15-,16+,19-,20-/m0/s1. The topological polar surface area (TPSA) is 63.6 Å². The van der Waals surface area contributed by atoms with Crippen LogP contribution in [0.25, 0.3) is 0 Å². The Bertz CT molecular complexity index is 744. The lowest BCUT2D eigenvalue weighted by atomic mass is 9.68. The highest BCUT2D eigenvalue weighted by Gasteiger charge is 2.73. The number of ketones is 2. The van der Waals surface area contributed by atoms with Crippen molar-refractivity contribution >= 4 is 11.6 Å². The lowest BCUT2D eigenvalue weighted by Gasteiger charge is -2.30. The maximum absolute atomic E-state index is 13.3. The molecule has 1 aromatic carbocycles. The summed E-state index contributed by atoms with van der Waals surface area (Å²) < 4.78 is 6.08. The number of ether oxygens (including phenoxy) is 1. The monoisotopic (exact) mass is 328 g/mol. The second kappa shape index (κ2) is 4.77. The molecule has 0 amide bonds. The molecule has 4 heteroatoms. The van der Waals surface area contributed by atoms with Crippen molar-refractivity contribution in [1.29, 1.82) is 0 Å². The molecule has 2 saturated heterocycles. The van der Waals surface area contributed by atoms with Gasteiger partial charge in [-0.2, -0.15) is 0 Å². The smallest absolute Gasteiger partial charge is 0.154 e. The molecule has 1 N–H and O–H groups in total. The van der Waals surface area contributed by atoms with Gasteiger partial charge in [-0.1, -0.05) is 17.7 Å².